The van der Waals surface area contributed by atoms with Gasteiger partial charge in [0.15, 0.2) is 0 Å². The molecule has 0 unspecified atom stereocenters. The second-order valence-electron chi connectivity index (χ2n) is 5.29. The number of imidazole rings is 1. The fraction of sp³-hybridized carbons (Fsp3) is 0.333. The number of rotatable bonds is 2. The molecule has 22 heavy (non-hydrogen) atoms. The van der Waals surface area contributed by atoms with E-state index in [0.29, 0.717) is 5.69 Å². The summed E-state index contributed by atoms with van der Waals surface area (Å²) in [6, 6.07) is 6.90. The van der Waals surface area contributed by atoms with Crippen LogP contribution in [0, 0.1) is 0 Å². The van der Waals surface area contributed by atoms with Crippen molar-refractivity contribution in [2.24, 2.45) is 0 Å². The number of nitrogens with one attached hydrogen (secondary N) is 1. The van der Waals surface area contributed by atoms with Gasteiger partial charge in [0.25, 0.3) is 5.92 Å². The number of benzene rings is 1. The lowest BCUT2D eigenvalue weighted by Crippen LogP contribution is -2.44. The average molecular weight is 306 g/mol. The number of carbonyl (C=O) groups is 1. The highest BCUT2D eigenvalue weighted by Gasteiger charge is 2.35. The third-order valence-corrected chi connectivity index (χ3v) is 3.70. The summed E-state index contributed by atoms with van der Waals surface area (Å²) in [6.45, 7) is 0.151. The summed E-state index contributed by atoms with van der Waals surface area (Å²) in [5, 5.41) is 2.73. The van der Waals surface area contributed by atoms with Gasteiger partial charge >= 0.3 is 6.03 Å². The maximum atomic E-state index is 13.1. The van der Waals surface area contributed by atoms with Crippen LogP contribution >= 0.6 is 0 Å². The van der Waals surface area contributed by atoms with Crippen molar-refractivity contribution in [3.8, 4) is 5.69 Å². The van der Waals surface area contributed by atoms with Crippen molar-refractivity contribution in [1.29, 1.82) is 0 Å². The SMILES string of the molecule is O=C(Nc1ccc(-n2ccnc2)cc1)N1CCC(F)(F)CC1. The second-order valence-corrected chi connectivity index (χ2v) is 5.29. The van der Waals surface area contributed by atoms with Crippen LogP contribution in [0.4, 0.5) is 19.3 Å². The Morgan fingerprint density at radius 3 is 2.45 bits per heavy atom. The molecule has 2 amide bonds. The van der Waals surface area contributed by atoms with Crippen molar-refractivity contribution in [1.82, 2.24) is 14.5 Å². The number of alkyl halides is 2. The molecule has 2 heterocycles. The lowest BCUT2D eigenvalue weighted by Gasteiger charge is -2.31. The Morgan fingerprint density at radius 2 is 1.86 bits per heavy atom. The van der Waals surface area contributed by atoms with Gasteiger partial charge in [-0.1, -0.05) is 0 Å². The highest BCUT2D eigenvalue weighted by molar-refractivity contribution is 5.89. The predicted molar refractivity (Wildman–Crippen MR) is 78.3 cm³/mol. The first-order valence-corrected chi connectivity index (χ1v) is 7.06. The topological polar surface area (TPSA) is 50.2 Å². The Labute approximate surface area is 126 Å². The number of aromatic nitrogens is 2. The molecule has 1 aromatic carbocycles. The van der Waals surface area contributed by atoms with Gasteiger partial charge in [-0.15, -0.1) is 0 Å². The summed E-state index contributed by atoms with van der Waals surface area (Å²) in [4.78, 5) is 17.4. The van der Waals surface area contributed by atoms with E-state index in [1.807, 2.05) is 22.9 Å². The van der Waals surface area contributed by atoms with Gasteiger partial charge in [-0.3, -0.25) is 0 Å². The van der Waals surface area contributed by atoms with Gasteiger partial charge in [0.2, 0.25) is 0 Å². The minimum Gasteiger partial charge on any atom is -0.324 e. The fourth-order valence-corrected chi connectivity index (χ4v) is 2.37. The molecule has 5 nitrogen and oxygen atoms in total. The van der Waals surface area contributed by atoms with Crippen LogP contribution in [0.25, 0.3) is 5.69 Å². The molecule has 2 aromatic rings. The number of hydrogen-bond acceptors (Lipinski definition) is 2. The van der Waals surface area contributed by atoms with Crippen LogP contribution in [0.2, 0.25) is 0 Å². The third-order valence-electron chi connectivity index (χ3n) is 3.70. The summed E-state index contributed by atoms with van der Waals surface area (Å²) in [5.74, 6) is -2.65. The number of halogens is 2. The fourth-order valence-electron chi connectivity index (χ4n) is 2.37. The molecule has 0 spiro atoms. The lowest BCUT2D eigenvalue weighted by atomic mass is 10.1. The average Bonchev–Trinajstić information content (AvgIpc) is 3.02. The van der Waals surface area contributed by atoms with Crippen LogP contribution in [0.3, 0.4) is 0 Å². The van der Waals surface area contributed by atoms with Gasteiger partial charge in [0, 0.05) is 49.7 Å². The highest BCUT2D eigenvalue weighted by Crippen LogP contribution is 2.27. The minimum absolute atomic E-state index is 0.0754. The van der Waals surface area contributed by atoms with E-state index in [2.05, 4.69) is 10.3 Å². The van der Waals surface area contributed by atoms with Crippen LogP contribution in [0.1, 0.15) is 12.8 Å². The molecular weight excluding hydrogens is 290 g/mol. The summed E-state index contributed by atoms with van der Waals surface area (Å²) >= 11 is 0. The zero-order valence-corrected chi connectivity index (χ0v) is 11.9. The molecule has 3 rings (SSSR count). The predicted octanol–water partition coefficient (Wildman–Crippen LogP) is 3.14. The van der Waals surface area contributed by atoms with Crippen molar-refractivity contribution < 1.29 is 13.6 Å². The van der Waals surface area contributed by atoms with E-state index in [4.69, 9.17) is 0 Å². The Balaban J connectivity index is 1.60. The molecule has 0 radical (unpaired) electrons. The number of piperidine rings is 1. The molecule has 1 fully saturated rings. The van der Waals surface area contributed by atoms with Gasteiger partial charge in [-0.25, -0.2) is 18.6 Å². The first kappa shape index (κ1) is 14.5. The number of carbonyl (C=O) groups excluding carboxylic acids is 1. The standard InChI is InChI=1S/C15H16F2N4O/c16-15(17)5-8-20(9-6-15)14(22)19-12-1-3-13(4-2-12)21-10-7-18-11-21/h1-4,7,10-11H,5-6,8-9H2,(H,19,22). The van der Waals surface area contributed by atoms with E-state index in [1.54, 1.807) is 24.7 Å². The van der Waals surface area contributed by atoms with Gasteiger partial charge in [-0.05, 0) is 24.3 Å². The first-order chi connectivity index (χ1) is 10.5. The summed E-state index contributed by atoms with van der Waals surface area (Å²) in [6.07, 6.45) is 4.63. The van der Waals surface area contributed by atoms with Crippen molar-refractivity contribution in [3.05, 3.63) is 43.0 Å². The largest absolute Gasteiger partial charge is 0.324 e. The zero-order chi connectivity index (χ0) is 15.6. The molecule has 0 atom stereocenters. The Hall–Kier alpha value is -2.44. The second kappa shape index (κ2) is 5.75. The molecule has 1 N–H and O–H groups in total. The smallest absolute Gasteiger partial charge is 0.321 e. The van der Waals surface area contributed by atoms with Crippen molar-refractivity contribution in [2.45, 2.75) is 18.8 Å². The molecule has 1 saturated heterocycles. The van der Waals surface area contributed by atoms with E-state index in [1.165, 1.54) is 4.90 Å². The van der Waals surface area contributed by atoms with Crippen LogP contribution in [-0.2, 0) is 0 Å². The van der Waals surface area contributed by atoms with Crippen LogP contribution in [-0.4, -0.2) is 39.5 Å². The number of hydrogen-bond donors (Lipinski definition) is 1. The Morgan fingerprint density at radius 1 is 1.18 bits per heavy atom. The zero-order valence-electron chi connectivity index (χ0n) is 11.9. The van der Waals surface area contributed by atoms with Gasteiger partial charge < -0.3 is 14.8 Å². The monoisotopic (exact) mass is 306 g/mol. The maximum absolute atomic E-state index is 13.1. The van der Waals surface area contributed by atoms with Crippen LogP contribution in [0.5, 0.6) is 0 Å². The number of anilines is 1. The lowest BCUT2D eigenvalue weighted by molar-refractivity contribution is -0.0461. The quantitative estimate of drug-likeness (QED) is 0.926. The van der Waals surface area contributed by atoms with E-state index in [0.717, 1.165) is 5.69 Å². The first-order valence-electron chi connectivity index (χ1n) is 7.06. The summed E-state index contributed by atoms with van der Waals surface area (Å²) in [5.41, 5.74) is 1.55. The molecule has 1 aliphatic rings. The van der Waals surface area contributed by atoms with Crippen molar-refractivity contribution in [2.75, 3.05) is 18.4 Å². The summed E-state index contributed by atoms with van der Waals surface area (Å²) < 4.78 is 28.0. The van der Waals surface area contributed by atoms with Gasteiger partial charge in [0.05, 0.1) is 6.33 Å². The van der Waals surface area contributed by atoms with Crippen molar-refractivity contribution in [3.63, 3.8) is 0 Å². The number of nitrogens with zero attached hydrogens (tertiary/aromatic N) is 3. The summed E-state index contributed by atoms with van der Waals surface area (Å²) in [7, 11) is 0. The van der Waals surface area contributed by atoms with Gasteiger partial charge in [-0.2, -0.15) is 0 Å². The minimum atomic E-state index is -2.65. The van der Waals surface area contributed by atoms with Crippen molar-refractivity contribution >= 4 is 11.7 Å². The molecule has 0 bridgehead atoms. The molecule has 0 aliphatic carbocycles. The van der Waals surface area contributed by atoms with Gasteiger partial charge in [0.1, 0.15) is 0 Å². The number of likely N-dealkylation sites (tertiary alicyclic amines) is 1. The number of amides is 2. The maximum Gasteiger partial charge on any atom is 0.321 e. The van der Waals surface area contributed by atoms with Crippen LogP contribution in [0.15, 0.2) is 43.0 Å². The van der Waals surface area contributed by atoms with E-state index in [-0.39, 0.29) is 32.0 Å². The molecule has 0 saturated carbocycles. The highest BCUT2D eigenvalue weighted by atomic mass is 19.3. The molecule has 7 heteroatoms. The van der Waals surface area contributed by atoms with E-state index >= 15 is 0 Å². The molecule has 1 aliphatic heterocycles. The van der Waals surface area contributed by atoms with Crippen LogP contribution < -0.4 is 5.32 Å². The molecule has 116 valence electrons. The van der Waals surface area contributed by atoms with E-state index in [9.17, 15) is 13.6 Å². The Kier molecular flexibility index (Phi) is 3.79. The molecular formula is C15H16F2N4O. The third kappa shape index (κ3) is 3.24. The Bertz CT molecular complexity index is 630. The normalized spacial score (nSPS) is 17.3. The number of urea groups is 1. The van der Waals surface area contributed by atoms with E-state index < -0.39 is 5.92 Å². The molecule has 1 aromatic heterocycles.